The van der Waals surface area contributed by atoms with Gasteiger partial charge in [-0.25, -0.2) is 0 Å². The first-order valence-electron chi connectivity index (χ1n) is 7.86. The zero-order chi connectivity index (χ0) is 20.2. The Morgan fingerprint density at radius 2 is 1.23 bits per heavy atom. The van der Waals surface area contributed by atoms with Crippen molar-refractivity contribution in [1.82, 2.24) is 15.5 Å². The van der Waals surface area contributed by atoms with E-state index in [1.165, 1.54) is 0 Å². The standard InChI is InChI=1S/C14H26N4O8/c15-1-2-16-3-4-17-9-14(5-10(19)20,6-11(21)22)18(7-12(23)24)8-13(25)26/h16-17H,1-9,15H2,(H,19,20)(H,21,22)(H,23,24)(H,25,26). The highest BCUT2D eigenvalue weighted by atomic mass is 16.4. The third-order valence-electron chi connectivity index (χ3n) is 3.54. The fourth-order valence-corrected chi connectivity index (χ4v) is 2.53. The van der Waals surface area contributed by atoms with Gasteiger partial charge in [-0.05, 0) is 0 Å². The van der Waals surface area contributed by atoms with Crippen LogP contribution in [-0.2, 0) is 19.2 Å². The average Bonchev–Trinajstić information content (AvgIpc) is 2.47. The van der Waals surface area contributed by atoms with E-state index in [0.29, 0.717) is 26.2 Å². The molecular formula is C14H26N4O8. The van der Waals surface area contributed by atoms with E-state index in [4.69, 9.17) is 15.9 Å². The minimum absolute atomic E-state index is 0.212. The second kappa shape index (κ2) is 12.1. The summed E-state index contributed by atoms with van der Waals surface area (Å²) in [5, 5.41) is 42.3. The number of rotatable bonds is 16. The molecule has 0 aliphatic rings. The van der Waals surface area contributed by atoms with Gasteiger partial charge in [-0.1, -0.05) is 0 Å². The van der Waals surface area contributed by atoms with E-state index in [-0.39, 0.29) is 6.54 Å². The summed E-state index contributed by atoms with van der Waals surface area (Å²) >= 11 is 0. The number of nitrogens with one attached hydrogen (secondary N) is 2. The summed E-state index contributed by atoms with van der Waals surface area (Å²) in [5.41, 5.74) is 3.60. The molecule has 12 nitrogen and oxygen atoms in total. The fourth-order valence-electron chi connectivity index (χ4n) is 2.53. The Bertz CT molecular complexity index is 467. The molecule has 0 fully saturated rings. The summed E-state index contributed by atoms with van der Waals surface area (Å²) in [6, 6.07) is 0. The lowest BCUT2D eigenvalue weighted by atomic mass is 9.88. The zero-order valence-electron chi connectivity index (χ0n) is 14.3. The topological polar surface area (TPSA) is 203 Å². The first kappa shape index (κ1) is 23.7. The number of carboxylic acids is 4. The van der Waals surface area contributed by atoms with Gasteiger partial charge in [0.1, 0.15) is 0 Å². The van der Waals surface area contributed by atoms with Crippen molar-refractivity contribution in [2.75, 3.05) is 45.8 Å². The van der Waals surface area contributed by atoms with Crippen molar-refractivity contribution in [1.29, 1.82) is 0 Å². The zero-order valence-corrected chi connectivity index (χ0v) is 14.3. The van der Waals surface area contributed by atoms with Gasteiger partial charge in [-0.3, -0.25) is 24.1 Å². The number of aliphatic carboxylic acids is 4. The first-order chi connectivity index (χ1) is 12.1. The summed E-state index contributed by atoms with van der Waals surface area (Å²) < 4.78 is 0. The van der Waals surface area contributed by atoms with Gasteiger partial charge < -0.3 is 36.8 Å². The molecule has 0 aliphatic heterocycles. The van der Waals surface area contributed by atoms with Crippen LogP contribution in [0.5, 0.6) is 0 Å². The lowest BCUT2D eigenvalue weighted by Gasteiger charge is -2.41. The van der Waals surface area contributed by atoms with Crippen molar-refractivity contribution in [2.24, 2.45) is 5.73 Å². The molecule has 0 spiro atoms. The number of nitrogens with zero attached hydrogens (tertiary/aromatic N) is 1. The average molecular weight is 378 g/mol. The van der Waals surface area contributed by atoms with Gasteiger partial charge in [-0.2, -0.15) is 0 Å². The minimum Gasteiger partial charge on any atom is -0.481 e. The van der Waals surface area contributed by atoms with Crippen molar-refractivity contribution in [3.05, 3.63) is 0 Å². The molecule has 0 amide bonds. The van der Waals surface area contributed by atoms with Crippen LogP contribution in [0.3, 0.4) is 0 Å². The summed E-state index contributed by atoms with van der Waals surface area (Å²) in [5.74, 6) is -5.52. The van der Waals surface area contributed by atoms with E-state index in [9.17, 15) is 29.4 Å². The highest BCUT2D eigenvalue weighted by Gasteiger charge is 2.42. The highest BCUT2D eigenvalue weighted by Crippen LogP contribution is 2.24. The molecule has 0 heterocycles. The second-order valence-electron chi connectivity index (χ2n) is 5.72. The Hall–Kier alpha value is -2.28. The molecule has 0 aromatic heterocycles. The summed E-state index contributed by atoms with van der Waals surface area (Å²) in [6.07, 6.45) is -1.47. The molecule has 0 aromatic rings. The van der Waals surface area contributed by atoms with Crippen molar-refractivity contribution in [2.45, 2.75) is 18.4 Å². The van der Waals surface area contributed by atoms with E-state index < -0.39 is 55.3 Å². The van der Waals surface area contributed by atoms with Gasteiger partial charge in [0.15, 0.2) is 0 Å². The maximum absolute atomic E-state index is 11.3. The van der Waals surface area contributed by atoms with Gasteiger partial charge in [0.05, 0.1) is 31.5 Å². The van der Waals surface area contributed by atoms with Crippen LogP contribution in [0.1, 0.15) is 12.8 Å². The monoisotopic (exact) mass is 378 g/mol. The molecule has 12 heteroatoms. The summed E-state index contributed by atoms with van der Waals surface area (Å²) in [6.45, 7) is -0.0508. The molecule has 0 atom stereocenters. The van der Waals surface area contributed by atoms with Crippen LogP contribution in [0.25, 0.3) is 0 Å². The van der Waals surface area contributed by atoms with Crippen LogP contribution in [0.4, 0.5) is 0 Å². The number of carbonyl (C=O) groups is 4. The predicted molar refractivity (Wildman–Crippen MR) is 88.9 cm³/mol. The third kappa shape index (κ3) is 9.88. The summed E-state index contributed by atoms with van der Waals surface area (Å²) in [7, 11) is 0. The van der Waals surface area contributed by atoms with Gasteiger partial charge in [-0.15, -0.1) is 0 Å². The number of hydrogen-bond acceptors (Lipinski definition) is 8. The highest BCUT2D eigenvalue weighted by molar-refractivity contribution is 5.76. The fraction of sp³-hybridized carbons (Fsp3) is 0.714. The first-order valence-corrected chi connectivity index (χ1v) is 7.86. The molecule has 0 bridgehead atoms. The van der Waals surface area contributed by atoms with Gasteiger partial charge in [0.25, 0.3) is 0 Å². The van der Waals surface area contributed by atoms with E-state index >= 15 is 0 Å². The van der Waals surface area contributed by atoms with Crippen molar-refractivity contribution < 1.29 is 39.6 Å². The molecule has 0 radical (unpaired) electrons. The molecule has 0 aliphatic carbocycles. The quantitative estimate of drug-likeness (QED) is 0.137. The molecule has 26 heavy (non-hydrogen) atoms. The molecule has 0 saturated heterocycles. The van der Waals surface area contributed by atoms with E-state index in [2.05, 4.69) is 10.6 Å². The Morgan fingerprint density at radius 3 is 1.62 bits per heavy atom. The SMILES string of the molecule is NCCNCCNCC(CC(=O)O)(CC(=O)O)N(CC(=O)O)CC(=O)O. The molecule has 0 aromatic carbocycles. The second-order valence-corrected chi connectivity index (χ2v) is 5.72. The van der Waals surface area contributed by atoms with Gasteiger partial charge >= 0.3 is 23.9 Å². The Kier molecular flexibility index (Phi) is 11.1. The number of nitrogens with two attached hydrogens (primary N) is 1. The van der Waals surface area contributed by atoms with E-state index in [1.54, 1.807) is 0 Å². The minimum atomic E-state index is -1.72. The van der Waals surface area contributed by atoms with Crippen LogP contribution in [0.15, 0.2) is 0 Å². The molecular weight excluding hydrogens is 352 g/mol. The van der Waals surface area contributed by atoms with Crippen LogP contribution in [-0.4, -0.2) is 101 Å². The lowest BCUT2D eigenvalue weighted by Crippen LogP contribution is -2.60. The van der Waals surface area contributed by atoms with E-state index in [1.807, 2.05) is 0 Å². The van der Waals surface area contributed by atoms with Crippen LogP contribution < -0.4 is 16.4 Å². The normalized spacial score (nSPS) is 11.5. The van der Waals surface area contributed by atoms with Gasteiger partial charge in [0, 0.05) is 32.7 Å². The Morgan fingerprint density at radius 1 is 0.769 bits per heavy atom. The van der Waals surface area contributed by atoms with Gasteiger partial charge in [0.2, 0.25) is 0 Å². The lowest BCUT2D eigenvalue weighted by molar-refractivity contribution is -0.154. The maximum Gasteiger partial charge on any atom is 0.317 e. The van der Waals surface area contributed by atoms with Crippen LogP contribution in [0.2, 0.25) is 0 Å². The molecule has 8 N–H and O–H groups in total. The smallest absolute Gasteiger partial charge is 0.317 e. The maximum atomic E-state index is 11.3. The number of hydrogen-bond donors (Lipinski definition) is 7. The van der Waals surface area contributed by atoms with Crippen molar-refractivity contribution in [3.8, 4) is 0 Å². The largest absolute Gasteiger partial charge is 0.481 e. The Balaban J connectivity index is 5.44. The van der Waals surface area contributed by atoms with Crippen molar-refractivity contribution in [3.63, 3.8) is 0 Å². The summed E-state index contributed by atoms with van der Waals surface area (Å²) in [4.78, 5) is 45.6. The number of carboxylic acid groups (broad SMARTS) is 4. The Labute approximate surface area is 150 Å². The van der Waals surface area contributed by atoms with Crippen molar-refractivity contribution >= 4 is 23.9 Å². The van der Waals surface area contributed by atoms with E-state index in [0.717, 1.165) is 4.90 Å². The van der Waals surface area contributed by atoms with Crippen LogP contribution >= 0.6 is 0 Å². The predicted octanol–water partition coefficient (Wildman–Crippen LogP) is -2.72. The molecule has 0 rings (SSSR count). The van der Waals surface area contributed by atoms with Crippen LogP contribution in [0, 0.1) is 0 Å². The molecule has 0 saturated carbocycles. The molecule has 0 unspecified atom stereocenters. The molecule has 150 valence electrons. The third-order valence-corrected chi connectivity index (χ3v) is 3.54.